The van der Waals surface area contributed by atoms with E-state index in [1.165, 1.54) is 22.3 Å². The van der Waals surface area contributed by atoms with Crippen LogP contribution < -0.4 is 4.74 Å². The molecule has 0 saturated carbocycles. The monoisotopic (exact) mass is 298 g/mol. The summed E-state index contributed by atoms with van der Waals surface area (Å²) in [4.78, 5) is 0. The summed E-state index contributed by atoms with van der Waals surface area (Å²) in [5, 5.41) is 1.04. The minimum atomic E-state index is 0.569. The van der Waals surface area contributed by atoms with Gasteiger partial charge in [-0.1, -0.05) is 29.8 Å². The minimum Gasteiger partial charge on any atom is -0.496 e. The van der Waals surface area contributed by atoms with E-state index < -0.39 is 0 Å². The zero-order chi connectivity index (χ0) is 13.2. The molecule has 0 amide bonds. The van der Waals surface area contributed by atoms with Gasteiger partial charge in [-0.2, -0.15) is 0 Å². The molecule has 0 radical (unpaired) electrons. The lowest BCUT2D eigenvalue weighted by Crippen LogP contribution is -2.12. The van der Waals surface area contributed by atoms with Gasteiger partial charge in [-0.15, -0.1) is 0 Å². The van der Waals surface area contributed by atoms with Crippen molar-refractivity contribution < 1.29 is 4.74 Å². The molecule has 0 aliphatic carbocycles. The smallest absolute Gasteiger partial charge is 0.122 e. The van der Waals surface area contributed by atoms with Crippen molar-refractivity contribution in [2.75, 3.05) is 12.4 Å². The van der Waals surface area contributed by atoms with Crippen molar-refractivity contribution in [3.05, 3.63) is 28.3 Å². The van der Waals surface area contributed by atoms with Gasteiger partial charge in [-0.05, 0) is 60.9 Å². The SMILES string of the molecule is COc1cc(C)c(C(C)C(C)CBr)c(C)c1C. The van der Waals surface area contributed by atoms with Crippen LogP contribution in [0.15, 0.2) is 6.07 Å². The zero-order valence-corrected chi connectivity index (χ0v) is 13.3. The molecule has 0 fully saturated rings. The number of ether oxygens (including phenoxy) is 1. The number of benzene rings is 1. The van der Waals surface area contributed by atoms with Crippen molar-refractivity contribution in [1.82, 2.24) is 0 Å². The molecule has 2 heteroatoms. The molecule has 1 rings (SSSR count). The predicted octanol–water partition coefficient (Wildman–Crippen LogP) is 4.75. The molecule has 0 spiro atoms. The van der Waals surface area contributed by atoms with Gasteiger partial charge in [-0.3, -0.25) is 0 Å². The highest BCUT2D eigenvalue weighted by atomic mass is 79.9. The van der Waals surface area contributed by atoms with Crippen LogP contribution in [0, 0.1) is 26.7 Å². The summed E-state index contributed by atoms with van der Waals surface area (Å²) < 4.78 is 5.42. The maximum absolute atomic E-state index is 5.42. The van der Waals surface area contributed by atoms with Crippen LogP contribution in [0.2, 0.25) is 0 Å². The third-order valence-electron chi connectivity index (χ3n) is 3.88. The molecule has 1 nitrogen and oxygen atoms in total. The normalized spacial score (nSPS) is 14.5. The van der Waals surface area contributed by atoms with Crippen LogP contribution in [0.5, 0.6) is 5.75 Å². The zero-order valence-electron chi connectivity index (χ0n) is 11.7. The first-order valence-electron chi connectivity index (χ1n) is 6.14. The maximum atomic E-state index is 5.42. The Kier molecular flexibility index (Phi) is 5.05. The highest BCUT2D eigenvalue weighted by molar-refractivity contribution is 9.09. The second-order valence-electron chi connectivity index (χ2n) is 4.98. The lowest BCUT2D eigenvalue weighted by molar-refractivity contribution is 0.410. The Morgan fingerprint density at radius 3 is 2.24 bits per heavy atom. The molecule has 2 atom stereocenters. The van der Waals surface area contributed by atoms with E-state index in [0.717, 1.165) is 11.1 Å². The number of aryl methyl sites for hydroxylation is 1. The fourth-order valence-corrected chi connectivity index (χ4v) is 2.96. The van der Waals surface area contributed by atoms with Crippen molar-refractivity contribution in [2.45, 2.75) is 40.5 Å². The average molecular weight is 299 g/mol. The Morgan fingerprint density at radius 1 is 1.18 bits per heavy atom. The molecule has 0 N–H and O–H groups in total. The van der Waals surface area contributed by atoms with Crippen molar-refractivity contribution in [2.24, 2.45) is 5.92 Å². The van der Waals surface area contributed by atoms with Gasteiger partial charge >= 0.3 is 0 Å². The largest absolute Gasteiger partial charge is 0.496 e. The van der Waals surface area contributed by atoms with Gasteiger partial charge in [0.05, 0.1) is 7.11 Å². The molecule has 0 heterocycles. The third kappa shape index (κ3) is 2.85. The van der Waals surface area contributed by atoms with E-state index in [2.05, 4.69) is 56.6 Å². The minimum absolute atomic E-state index is 0.569. The van der Waals surface area contributed by atoms with Gasteiger partial charge in [0.1, 0.15) is 5.75 Å². The maximum Gasteiger partial charge on any atom is 0.122 e. The second kappa shape index (κ2) is 5.90. The Balaban J connectivity index is 3.30. The van der Waals surface area contributed by atoms with Crippen LogP contribution >= 0.6 is 15.9 Å². The number of hydrogen-bond acceptors (Lipinski definition) is 1. The summed E-state index contributed by atoms with van der Waals surface area (Å²) in [6, 6.07) is 2.16. The van der Waals surface area contributed by atoms with Gasteiger partial charge in [0, 0.05) is 5.33 Å². The number of rotatable bonds is 4. The predicted molar refractivity (Wildman–Crippen MR) is 78.6 cm³/mol. The van der Waals surface area contributed by atoms with E-state index in [-0.39, 0.29) is 0 Å². The van der Waals surface area contributed by atoms with Crippen molar-refractivity contribution in [3.8, 4) is 5.75 Å². The first-order valence-corrected chi connectivity index (χ1v) is 7.26. The van der Waals surface area contributed by atoms with Crippen molar-refractivity contribution in [3.63, 3.8) is 0 Å². The molecule has 0 aromatic heterocycles. The van der Waals surface area contributed by atoms with Gasteiger partial charge in [-0.25, -0.2) is 0 Å². The lowest BCUT2D eigenvalue weighted by Gasteiger charge is -2.24. The molecule has 96 valence electrons. The molecular weight excluding hydrogens is 276 g/mol. The molecule has 17 heavy (non-hydrogen) atoms. The van der Waals surface area contributed by atoms with Crippen LogP contribution in [0.4, 0.5) is 0 Å². The number of hydrogen-bond donors (Lipinski definition) is 0. The second-order valence-corrected chi connectivity index (χ2v) is 5.63. The van der Waals surface area contributed by atoms with E-state index in [0.29, 0.717) is 11.8 Å². The Bertz CT molecular complexity index is 398. The summed E-state index contributed by atoms with van der Waals surface area (Å²) in [6.07, 6.45) is 0. The first kappa shape index (κ1) is 14.6. The fourth-order valence-electron chi connectivity index (χ4n) is 2.40. The van der Waals surface area contributed by atoms with Crippen molar-refractivity contribution >= 4 is 15.9 Å². The molecule has 1 aromatic rings. The third-order valence-corrected chi connectivity index (χ3v) is 4.90. The van der Waals surface area contributed by atoms with E-state index in [4.69, 9.17) is 4.74 Å². The standard InChI is InChI=1S/C15H23BrO/c1-9-7-14(17-6)12(4)13(5)15(9)11(3)10(2)8-16/h7,10-11H,8H2,1-6H3. The Morgan fingerprint density at radius 2 is 1.76 bits per heavy atom. The van der Waals surface area contributed by atoms with Gasteiger partial charge in [0.15, 0.2) is 0 Å². The summed E-state index contributed by atoms with van der Waals surface area (Å²) in [7, 11) is 1.74. The number of halogens is 1. The average Bonchev–Trinajstić information content (AvgIpc) is 2.32. The highest BCUT2D eigenvalue weighted by Crippen LogP contribution is 2.35. The van der Waals surface area contributed by atoms with Crippen LogP contribution in [0.1, 0.15) is 42.0 Å². The number of alkyl halides is 1. The Labute approximate surface area is 114 Å². The Hall–Kier alpha value is -0.500. The highest BCUT2D eigenvalue weighted by Gasteiger charge is 2.20. The summed E-state index contributed by atoms with van der Waals surface area (Å²) in [6.45, 7) is 11.1. The number of methoxy groups -OCH3 is 1. The van der Waals surface area contributed by atoms with E-state index in [1.54, 1.807) is 7.11 Å². The first-order chi connectivity index (χ1) is 7.93. The molecule has 2 unspecified atom stereocenters. The molecule has 0 saturated heterocycles. The van der Waals surface area contributed by atoms with E-state index >= 15 is 0 Å². The fraction of sp³-hybridized carbons (Fsp3) is 0.600. The van der Waals surface area contributed by atoms with Crippen molar-refractivity contribution in [1.29, 1.82) is 0 Å². The summed E-state index contributed by atoms with van der Waals surface area (Å²) in [5.74, 6) is 2.21. The molecule has 0 aliphatic rings. The quantitative estimate of drug-likeness (QED) is 0.729. The van der Waals surface area contributed by atoms with Crippen LogP contribution in [0.3, 0.4) is 0 Å². The van der Waals surface area contributed by atoms with E-state index in [1.807, 2.05) is 0 Å². The van der Waals surface area contributed by atoms with Gasteiger partial charge in [0.2, 0.25) is 0 Å². The van der Waals surface area contributed by atoms with Gasteiger partial charge in [0.25, 0.3) is 0 Å². The summed E-state index contributed by atoms with van der Waals surface area (Å²) in [5.41, 5.74) is 5.46. The molecule has 0 bridgehead atoms. The van der Waals surface area contributed by atoms with Gasteiger partial charge < -0.3 is 4.74 Å². The lowest BCUT2D eigenvalue weighted by atomic mass is 9.83. The van der Waals surface area contributed by atoms with E-state index in [9.17, 15) is 0 Å². The van der Waals surface area contributed by atoms with Crippen LogP contribution in [-0.2, 0) is 0 Å². The van der Waals surface area contributed by atoms with Crippen LogP contribution in [0.25, 0.3) is 0 Å². The molecule has 0 aliphatic heterocycles. The summed E-state index contributed by atoms with van der Waals surface area (Å²) >= 11 is 3.58. The van der Waals surface area contributed by atoms with Crippen LogP contribution in [-0.4, -0.2) is 12.4 Å². The molecule has 1 aromatic carbocycles. The molecular formula is C15H23BrO. The topological polar surface area (TPSA) is 9.23 Å².